The van der Waals surface area contributed by atoms with Gasteiger partial charge in [0.25, 0.3) is 5.82 Å². The third-order valence-corrected chi connectivity index (χ3v) is 6.25. The molecule has 11 nitrogen and oxygen atoms in total. The zero-order valence-corrected chi connectivity index (χ0v) is 27.4. The van der Waals surface area contributed by atoms with E-state index in [4.69, 9.17) is 18.2 Å². The Labute approximate surface area is 250 Å². The summed E-state index contributed by atoms with van der Waals surface area (Å²) in [6, 6.07) is 5.95. The number of aromatic nitrogens is 10. The summed E-state index contributed by atoms with van der Waals surface area (Å²) in [5, 5.41) is 14.9. The number of hydrogen-bond donors (Lipinski definition) is 0. The second-order valence-corrected chi connectivity index (χ2v) is 11.1. The summed E-state index contributed by atoms with van der Waals surface area (Å²) in [5.74, 6) is 1.40. The molecule has 0 aromatic carbocycles. The van der Waals surface area contributed by atoms with E-state index in [2.05, 4.69) is 101 Å². The van der Waals surface area contributed by atoms with Gasteiger partial charge in [0, 0.05) is 35.9 Å². The number of aryl methyl sites for hydroxylation is 3. The van der Waals surface area contributed by atoms with Crippen molar-refractivity contribution < 1.29 is 0 Å². The maximum atomic E-state index is 7.09. The molecule has 4 aromatic rings. The highest BCUT2D eigenvalue weighted by Gasteiger charge is 2.19. The first-order valence-electron chi connectivity index (χ1n) is 14.2. The molecular weight excluding hydrogens is 538 g/mol. The van der Waals surface area contributed by atoms with Crippen LogP contribution in [0.4, 0.5) is 5.82 Å². The second kappa shape index (κ2) is 18.0. The summed E-state index contributed by atoms with van der Waals surface area (Å²) in [4.78, 5) is 11.5. The number of tetrazole rings is 1. The molecule has 0 radical (unpaired) electrons. The van der Waals surface area contributed by atoms with Crippen molar-refractivity contribution >= 4 is 17.4 Å². The predicted molar refractivity (Wildman–Crippen MR) is 165 cm³/mol. The summed E-state index contributed by atoms with van der Waals surface area (Å²) in [5.41, 5.74) is 2.71. The predicted octanol–water partition coefficient (Wildman–Crippen LogP) is 7.81. The Morgan fingerprint density at radius 2 is 1.44 bits per heavy atom. The van der Waals surface area contributed by atoms with E-state index in [1.54, 1.807) is 28.3 Å². The highest BCUT2D eigenvalue weighted by Crippen LogP contribution is 2.30. The molecule has 12 heteroatoms. The van der Waals surface area contributed by atoms with Crippen LogP contribution in [0.2, 0.25) is 5.15 Å². The molecule has 0 atom stereocenters. The van der Waals surface area contributed by atoms with E-state index in [1.165, 1.54) is 11.4 Å². The van der Waals surface area contributed by atoms with Crippen LogP contribution < -0.4 is 0 Å². The lowest BCUT2D eigenvalue weighted by molar-refractivity contribution is 0.514. The van der Waals surface area contributed by atoms with Gasteiger partial charge in [-0.15, -0.1) is 5.10 Å². The molecule has 0 fully saturated rings. The Hall–Kier alpha value is -3.52. The number of halogens is 1. The van der Waals surface area contributed by atoms with Gasteiger partial charge in [-0.05, 0) is 98.2 Å². The fourth-order valence-electron chi connectivity index (χ4n) is 3.98. The minimum atomic E-state index is 0.237. The quantitative estimate of drug-likeness (QED) is 0.205. The molecule has 0 aliphatic carbocycles. The molecule has 4 aromatic heterocycles. The molecule has 0 saturated carbocycles. The van der Waals surface area contributed by atoms with Gasteiger partial charge in [-0.2, -0.15) is 5.10 Å². The molecule has 0 spiro atoms. The molecule has 4 rings (SSSR count). The smallest absolute Gasteiger partial charge is 0.268 e. The van der Waals surface area contributed by atoms with Crippen LogP contribution in [-0.4, -0.2) is 49.1 Å². The van der Waals surface area contributed by atoms with E-state index in [1.807, 2.05) is 32.3 Å². The maximum Gasteiger partial charge on any atom is 0.268 e. The number of unbranched alkanes of at least 4 members (excludes halogenated alkanes) is 1. The maximum absolute atomic E-state index is 7.09. The zero-order valence-electron chi connectivity index (χ0n) is 26.6. The fourth-order valence-corrected chi connectivity index (χ4v) is 4.21. The minimum Gasteiger partial charge on any atom is -0.361 e. The Balaban J connectivity index is 0.000000284. The summed E-state index contributed by atoms with van der Waals surface area (Å²) >= 11 is 5.93. The molecule has 0 aliphatic heterocycles. The first-order valence-corrected chi connectivity index (χ1v) is 14.6. The molecule has 41 heavy (non-hydrogen) atoms. The Kier molecular flexibility index (Phi) is 15.6. The number of rotatable bonds is 7. The van der Waals surface area contributed by atoms with Crippen molar-refractivity contribution in [2.45, 2.75) is 120 Å². The molecule has 226 valence electrons. The summed E-state index contributed by atoms with van der Waals surface area (Å²) in [6.07, 6.45) is 7.95. The third kappa shape index (κ3) is 11.5. The van der Waals surface area contributed by atoms with Gasteiger partial charge in [0.05, 0.1) is 6.04 Å². The fraction of sp³-hybridized carbons (Fsp3) is 0.621. The Morgan fingerprint density at radius 3 is 1.76 bits per heavy atom. The van der Waals surface area contributed by atoms with Crippen molar-refractivity contribution in [1.82, 2.24) is 49.1 Å². The van der Waals surface area contributed by atoms with Gasteiger partial charge in [-0.3, -0.25) is 9.25 Å². The first kappa shape index (κ1) is 35.5. The number of hydrogen-bond acceptors (Lipinski definition) is 6. The van der Waals surface area contributed by atoms with Crippen molar-refractivity contribution in [3.63, 3.8) is 0 Å². The van der Waals surface area contributed by atoms with Crippen molar-refractivity contribution in [1.29, 1.82) is 0 Å². The second-order valence-electron chi connectivity index (χ2n) is 10.8. The van der Waals surface area contributed by atoms with Crippen LogP contribution in [0.5, 0.6) is 0 Å². The summed E-state index contributed by atoms with van der Waals surface area (Å²) < 4.78 is 7.77. The van der Waals surface area contributed by atoms with Gasteiger partial charge in [0.15, 0.2) is 11.0 Å². The van der Waals surface area contributed by atoms with Crippen molar-refractivity contribution in [3.05, 3.63) is 64.9 Å². The van der Waals surface area contributed by atoms with E-state index in [0.29, 0.717) is 29.1 Å². The molecule has 0 N–H and O–H groups in total. The average Bonchev–Trinajstić information content (AvgIpc) is 3.71. The van der Waals surface area contributed by atoms with Gasteiger partial charge < -0.3 is 9.41 Å². The largest absolute Gasteiger partial charge is 0.361 e. The van der Waals surface area contributed by atoms with Crippen molar-refractivity contribution in [3.8, 4) is 0 Å². The van der Waals surface area contributed by atoms with Gasteiger partial charge in [-0.25, -0.2) is 14.6 Å². The van der Waals surface area contributed by atoms with Crippen LogP contribution in [0.25, 0.3) is 4.85 Å². The van der Waals surface area contributed by atoms with Crippen LogP contribution in [-0.2, 0) is 6.42 Å². The van der Waals surface area contributed by atoms with Crippen LogP contribution in [0.15, 0.2) is 31.1 Å². The van der Waals surface area contributed by atoms with Gasteiger partial charge in [0.1, 0.15) is 19.0 Å². The van der Waals surface area contributed by atoms with Crippen LogP contribution >= 0.6 is 11.6 Å². The standard InChI is InChI=1S/C11H16ClN3.C9H15N.C5H9N3.C4H8N4/c1-5-6-7-9-14-10(12)11(13-4)15(9)8(2)3;1-7(2)10-8(3)5-6-9(10)4;1-5(2)8-4-6-3-7-8;1-4(2)8-3-5-6-7-8/h8H,5-7H2,1-3H3;5-7H,1-4H3;3-5H,1-2H3;3-4H,1-2H3. The topological polar surface area (TPSA) is 101 Å². The monoisotopic (exact) mass is 585 g/mol. The first-order chi connectivity index (χ1) is 19.3. The highest BCUT2D eigenvalue weighted by atomic mass is 35.5. The normalized spacial score (nSPS) is 10.6. The SMILES string of the molecule is CC(C)n1cncn1.CC(C)n1cnnn1.Cc1ccc(C)n1C(C)C.[C-]#[N+]c1c(Cl)nc(CCCC)n1C(C)C. The van der Waals surface area contributed by atoms with Gasteiger partial charge in [-0.1, -0.05) is 31.5 Å². The third-order valence-electron chi connectivity index (χ3n) is 6.00. The lowest BCUT2D eigenvalue weighted by Crippen LogP contribution is -2.05. The van der Waals surface area contributed by atoms with E-state index >= 15 is 0 Å². The van der Waals surface area contributed by atoms with E-state index in [0.717, 1.165) is 25.1 Å². The Morgan fingerprint density at radius 1 is 0.854 bits per heavy atom. The van der Waals surface area contributed by atoms with E-state index < -0.39 is 0 Å². The minimum absolute atomic E-state index is 0.237. The summed E-state index contributed by atoms with van der Waals surface area (Å²) in [6.45, 7) is 30.2. The average molecular weight is 586 g/mol. The molecule has 0 amide bonds. The van der Waals surface area contributed by atoms with Crippen molar-refractivity contribution in [2.24, 2.45) is 0 Å². The van der Waals surface area contributed by atoms with Crippen LogP contribution in [0.1, 0.15) is 117 Å². The molecular formula is C29H48ClN11. The summed E-state index contributed by atoms with van der Waals surface area (Å²) in [7, 11) is 0. The number of nitrogens with zero attached hydrogens (tertiary/aromatic N) is 11. The van der Waals surface area contributed by atoms with E-state index in [-0.39, 0.29) is 6.04 Å². The molecule has 0 aliphatic rings. The lowest BCUT2D eigenvalue weighted by Gasteiger charge is -2.12. The molecule has 0 bridgehead atoms. The van der Waals surface area contributed by atoms with Crippen LogP contribution in [0, 0.1) is 20.4 Å². The van der Waals surface area contributed by atoms with E-state index in [9.17, 15) is 0 Å². The molecule has 0 unspecified atom stereocenters. The highest BCUT2D eigenvalue weighted by molar-refractivity contribution is 6.31. The number of imidazole rings is 1. The molecule has 0 saturated heterocycles. The van der Waals surface area contributed by atoms with Gasteiger partial charge >= 0.3 is 0 Å². The van der Waals surface area contributed by atoms with Crippen LogP contribution in [0.3, 0.4) is 0 Å². The van der Waals surface area contributed by atoms with Gasteiger partial charge in [0.2, 0.25) is 0 Å². The Bertz CT molecular complexity index is 1220. The zero-order chi connectivity index (χ0) is 31.1. The molecule has 4 heterocycles. The van der Waals surface area contributed by atoms with Crippen molar-refractivity contribution in [2.75, 3.05) is 0 Å². The lowest BCUT2D eigenvalue weighted by atomic mass is 10.2.